The molecule has 0 spiro atoms. The zero-order valence-electron chi connectivity index (χ0n) is 16.5. The number of likely N-dealkylation sites (N-methyl/N-ethyl adjacent to an activating group) is 1. The minimum absolute atomic E-state index is 0.207. The first-order chi connectivity index (χ1) is 14.4. The van der Waals surface area contributed by atoms with Crippen molar-refractivity contribution < 1.29 is 24.3 Å². The molecule has 0 unspecified atom stereocenters. The van der Waals surface area contributed by atoms with E-state index in [0.717, 1.165) is 21.5 Å². The van der Waals surface area contributed by atoms with E-state index in [1.165, 1.54) is 14.2 Å². The highest BCUT2D eigenvalue weighted by atomic mass is 35.5. The van der Waals surface area contributed by atoms with Crippen LogP contribution in [0.25, 0.3) is 10.9 Å². The van der Waals surface area contributed by atoms with E-state index < -0.39 is 24.1 Å². The molecule has 1 heterocycles. The van der Waals surface area contributed by atoms with Crippen LogP contribution < -0.4 is 10.1 Å². The second-order valence-corrected chi connectivity index (χ2v) is 7.09. The molecule has 3 aromatic rings. The lowest BCUT2D eigenvalue weighted by molar-refractivity contribution is -0.179. The third-order valence-electron chi connectivity index (χ3n) is 4.58. The van der Waals surface area contributed by atoms with Crippen LogP contribution in [0.4, 0.5) is 4.79 Å². The summed E-state index contributed by atoms with van der Waals surface area (Å²) in [6, 6.07) is 15.1. The third kappa shape index (κ3) is 5.29. The highest BCUT2D eigenvalue weighted by Gasteiger charge is 2.31. The Morgan fingerprint density at radius 1 is 1.20 bits per heavy atom. The normalized spacial score (nSPS) is 12.9. The van der Waals surface area contributed by atoms with Gasteiger partial charge in [-0.05, 0) is 30.2 Å². The second-order valence-electron chi connectivity index (χ2n) is 6.66. The lowest BCUT2D eigenvalue weighted by Gasteiger charge is -2.25. The van der Waals surface area contributed by atoms with Gasteiger partial charge < -0.3 is 20.1 Å². The molecule has 158 valence electrons. The summed E-state index contributed by atoms with van der Waals surface area (Å²) in [5.41, 5.74) is 1.58. The molecule has 9 heteroatoms. The first-order valence-corrected chi connectivity index (χ1v) is 9.55. The third-order valence-corrected chi connectivity index (χ3v) is 4.82. The molecule has 0 fully saturated rings. The van der Waals surface area contributed by atoms with Gasteiger partial charge in [-0.3, -0.25) is 9.63 Å². The van der Waals surface area contributed by atoms with Crippen LogP contribution in [-0.2, 0) is 16.1 Å². The fourth-order valence-electron chi connectivity index (χ4n) is 2.97. The molecule has 0 aliphatic carbocycles. The molecule has 0 aliphatic heterocycles. The van der Waals surface area contributed by atoms with Gasteiger partial charge in [0.05, 0.1) is 13.2 Å². The number of nitrogens with one attached hydrogen (secondary N) is 2. The summed E-state index contributed by atoms with van der Waals surface area (Å²) in [6.07, 6.45) is -2.15. The van der Waals surface area contributed by atoms with E-state index in [4.69, 9.17) is 21.2 Å². The van der Waals surface area contributed by atoms with Crippen molar-refractivity contribution in [2.75, 3.05) is 14.2 Å². The fourth-order valence-corrected chi connectivity index (χ4v) is 3.15. The number of nitrogens with zero attached hydrogens (tertiary/aromatic N) is 1. The average molecular weight is 432 g/mol. The molecule has 30 heavy (non-hydrogen) atoms. The van der Waals surface area contributed by atoms with Gasteiger partial charge in [-0.25, -0.2) is 9.86 Å². The summed E-state index contributed by atoms with van der Waals surface area (Å²) < 4.78 is 5.31. The van der Waals surface area contributed by atoms with Gasteiger partial charge in [0, 0.05) is 29.0 Å². The van der Waals surface area contributed by atoms with Crippen LogP contribution in [0.2, 0.25) is 5.02 Å². The van der Waals surface area contributed by atoms with Crippen LogP contribution in [-0.4, -0.2) is 53.5 Å². The van der Waals surface area contributed by atoms with E-state index in [1.54, 1.807) is 24.3 Å². The van der Waals surface area contributed by atoms with Gasteiger partial charge in [-0.1, -0.05) is 41.9 Å². The van der Waals surface area contributed by atoms with Gasteiger partial charge in [0.25, 0.3) is 5.91 Å². The van der Waals surface area contributed by atoms with Gasteiger partial charge in [0.15, 0.2) is 6.10 Å². The van der Waals surface area contributed by atoms with Crippen molar-refractivity contribution in [2.45, 2.75) is 18.6 Å². The standard InChI is InChI=1S/C21H22ClN3O5/c1-25(29-2)20(27)19(26)17(10-13-6-4-3-5-7-13)24-21(28)30-18-12-14-11-15(22)8-9-16(14)23-18/h3-9,11-12,17,19,23,26H,10H2,1-2H3,(H,24,28)/t17-,19+/m0/s1. The first-order valence-electron chi connectivity index (χ1n) is 9.17. The maximum Gasteiger partial charge on any atom is 0.414 e. The predicted octanol–water partition coefficient (Wildman–Crippen LogP) is 2.90. The maximum absolute atomic E-state index is 12.5. The molecule has 2 aromatic carbocycles. The predicted molar refractivity (Wildman–Crippen MR) is 112 cm³/mol. The number of rotatable bonds is 7. The average Bonchev–Trinajstić information content (AvgIpc) is 3.13. The van der Waals surface area contributed by atoms with Crippen LogP contribution in [0.15, 0.2) is 54.6 Å². The molecule has 8 nitrogen and oxygen atoms in total. The number of aromatic nitrogens is 1. The van der Waals surface area contributed by atoms with Crippen molar-refractivity contribution in [3.8, 4) is 5.88 Å². The molecule has 0 saturated heterocycles. The number of carbonyl (C=O) groups excluding carboxylic acids is 2. The maximum atomic E-state index is 12.5. The summed E-state index contributed by atoms with van der Waals surface area (Å²) in [6.45, 7) is 0. The van der Waals surface area contributed by atoms with Gasteiger partial charge in [0.1, 0.15) is 0 Å². The number of amides is 2. The van der Waals surface area contributed by atoms with E-state index >= 15 is 0 Å². The van der Waals surface area contributed by atoms with Crippen molar-refractivity contribution in [1.82, 2.24) is 15.4 Å². The lowest BCUT2D eigenvalue weighted by atomic mass is 10.0. The smallest absolute Gasteiger partial charge is 0.393 e. The second kappa shape index (κ2) is 9.62. The largest absolute Gasteiger partial charge is 0.414 e. The zero-order chi connectivity index (χ0) is 21.7. The Labute approximate surface area is 178 Å². The zero-order valence-corrected chi connectivity index (χ0v) is 17.2. The molecule has 0 saturated carbocycles. The fraction of sp³-hybridized carbons (Fsp3) is 0.238. The number of ether oxygens (including phenoxy) is 1. The van der Waals surface area contributed by atoms with Gasteiger partial charge in [-0.2, -0.15) is 0 Å². The Kier molecular flexibility index (Phi) is 6.94. The number of H-pyrrole nitrogens is 1. The minimum atomic E-state index is -1.54. The molecule has 1 aromatic heterocycles. The number of benzene rings is 2. The summed E-state index contributed by atoms with van der Waals surface area (Å²) in [4.78, 5) is 32.6. The number of halogens is 1. The number of aliphatic hydroxyl groups excluding tert-OH is 1. The Morgan fingerprint density at radius 2 is 1.93 bits per heavy atom. The van der Waals surface area contributed by atoms with Gasteiger partial charge in [-0.15, -0.1) is 0 Å². The van der Waals surface area contributed by atoms with Gasteiger partial charge >= 0.3 is 6.09 Å². The Bertz CT molecular complexity index is 1020. The summed E-state index contributed by atoms with van der Waals surface area (Å²) >= 11 is 5.97. The van der Waals surface area contributed by atoms with Crippen molar-refractivity contribution in [3.05, 3.63) is 65.2 Å². The minimum Gasteiger partial charge on any atom is -0.393 e. The quantitative estimate of drug-likeness (QED) is 0.499. The van der Waals surface area contributed by atoms with Crippen LogP contribution in [0.5, 0.6) is 5.88 Å². The highest BCUT2D eigenvalue weighted by Crippen LogP contribution is 2.23. The summed E-state index contributed by atoms with van der Waals surface area (Å²) in [7, 11) is 2.68. The van der Waals surface area contributed by atoms with E-state index in [1.807, 2.05) is 30.3 Å². The monoisotopic (exact) mass is 431 g/mol. The molecule has 0 radical (unpaired) electrons. The molecule has 0 bridgehead atoms. The first kappa shape index (κ1) is 21.6. The summed E-state index contributed by atoms with van der Waals surface area (Å²) in [5.74, 6) is -0.489. The van der Waals surface area contributed by atoms with E-state index in [-0.39, 0.29) is 12.3 Å². The van der Waals surface area contributed by atoms with E-state index in [2.05, 4.69) is 10.3 Å². The van der Waals surface area contributed by atoms with Crippen molar-refractivity contribution >= 4 is 34.5 Å². The van der Waals surface area contributed by atoms with Crippen molar-refractivity contribution in [2.24, 2.45) is 0 Å². The Balaban J connectivity index is 1.74. The van der Waals surface area contributed by atoms with Crippen molar-refractivity contribution in [3.63, 3.8) is 0 Å². The number of fused-ring (bicyclic) bond motifs is 1. The highest BCUT2D eigenvalue weighted by molar-refractivity contribution is 6.31. The molecule has 2 atom stereocenters. The Hall–Kier alpha value is -3.07. The number of hydrogen-bond donors (Lipinski definition) is 3. The number of aromatic amines is 1. The van der Waals surface area contributed by atoms with E-state index in [0.29, 0.717) is 5.02 Å². The number of hydroxylamine groups is 2. The van der Waals surface area contributed by atoms with E-state index in [9.17, 15) is 14.7 Å². The van der Waals surface area contributed by atoms with Crippen LogP contribution in [0.3, 0.4) is 0 Å². The Morgan fingerprint density at radius 3 is 2.63 bits per heavy atom. The molecule has 3 N–H and O–H groups in total. The van der Waals surface area contributed by atoms with Crippen LogP contribution >= 0.6 is 11.6 Å². The SMILES string of the molecule is CON(C)C(=O)[C@H](O)[C@H](Cc1ccccc1)NC(=O)Oc1cc2cc(Cl)ccc2[nH]1. The number of carbonyl (C=O) groups is 2. The molecule has 3 rings (SSSR count). The molecular weight excluding hydrogens is 410 g/mol. The molecule has 2 amide bonds. The number of aliphatic hydroxyl groups is 1. The van der Waals surface area contributed by atoms with Crippen LogP contribution in [0, 0.1) is 0 Å². The topological polar surface area (TPSA) is 104 Å². The van der Waals surface area contributed by atoms with Crippen LogP contribution in [0.1, 0.15) is 5.56 Å². The van der Waals surface area contributed by atoms with Crippen molar-refractivity contribution in [1.29, 1.82) is 0 Å². The number of hydrogen-bond acceptors (Lipinski definition) is 5. The molecular formula is C21H22ClN3O5. The lowest BCUT2D eigenvalue weighted by Crippen LogP contribution is -2.52. The van der Waals surface area contributed by atoms with Gasteiger partial charge in [0.2, 0.25) is 5.88 Å². The summed E-state index contributed by atoms with van der Waals surface area (Å²) in [5, 5.41) is 15.3. The molecule has 0 aliphatic rings.